The quantitative estimate of drug-likeness (QED) is 0.444. The van der Waals surface area contributed by atoms with Crippen LogP contribution in [-0.2, 0) is 26.7 Å². The molecule has 90 valence electrons. The molecule has 0 atom stereocenters. The summed E-state index contributed by atoms with van der Waals surface area (Å²) in [6.07, 6.45) is 0. The molecule has 0 aliphatic rings. The molecule has 0 fully saturated rings. The Bertz CT molecular complexity index is 196. The van der Waals surface area contributed by atoms with Crippen LogP contribution in [0.5, 0.6) is 0 Å². The molecule has 15 heavy (non-hydrogen) atoms. The predicted octanol–water partition coefficient (Wildman–Crippen LogP) is 0.210. The van der Waals surface area contributed by atoms with Gasteiger partial charge < -0.3 is 19.8 Å². The van der Waals surface area contributed by atoms with E-state index in [0.29, 0.717) is 0 Å². The average molecular weight is 381 g/mol. The smallest absolute Gasteiger partial charge is 0.545 e. The van der Waals surface area contributed by atoms with E-state index >= 15 is 0 Å². The molecule has 0 aliphatic carbocycles. The molecule has 0 N–H and O–H groups in total. The van der Waals surface area contributed by atoms with E-state index in [0.717, 1.165) is 0 Å². The molecular weight excluding hydrogens is 381 g/mol. The van der Waals surface area contributed by atoms with Crippen LogP contribution in [0, 0.1) is 0 Å². The van der Waals surface area contributed by atoms with E-state index in [2.05, 4.69) is 0 Å². The molecule has 0 saturated carbocycles. The van der Waals surface area contributed by atoms with Gasteiger partial charge in [0.25, 0.3) is 0 Å². The maximum absolute atomic E-state index is 9.51. The van der Waals surface area contributed by atoms with Crippen molar-refractivity contribution in [2.45, 2.75) is 7.59 Å². The molecule has 0 rings (SSSR count). The number of halogens is 6. The van der Waals surface area contributed by atoms with Gasteiger partial charge in [0, 0.05) is 0 Å². The number of hydrogen-bond acceptors (Lipinski definition) is 4. The van der Waals surface area contributed by atoms with E-state index in [1.165, 1.54) is 0 Å². The standard InChI is InChI=1S/2C2HCl3O2.Fe/c2*3-2(4,5)1(6)7;/h2*(H,6,7);/q;;+2/p-2. The van der Waals surface area contributed by atoms with E-state index in [1.807, 2.05) is 0 Å². The van der Waals surface area contributed by atoms with Crippen LogP contribution in [0.25, 0.3) is 0 Å². The van der Waals surface area contributed by atoms with E-state index in [-0.39, 0.29) is 17.1 Å². The molecule has 0 aromatic carbocycles. The largest absolute Gasteiger partial charge is 2.00 e. The van der Waals surface area contributed by atoms with Gasteiger partial charge in [-0.2, -0.15) is 0 Å². The molecule has 0 heterocycles. The Labute approximate surface area is 125 Å². The summed E-state index contributed by atoms with van der Waals surface area (Å²) >= 11 is 28.4. The zero-order chi connectivity index (χ0) is 12.2. The van der Waals surface area contributed by atoms with Gasteiger partial charge in [0.2, 0.25) is 7.59 Å². The van der Waals surface area contributed by atoms with Crippen molar-refractivity contribution >= 4 is 81.5 Å². The zero-order valence-electron chi connectivity index (χ0n) is 6.25. The van der Waals surface area contributed by atoms with Gasteiger partial charge in [0.05, 0.1) is 11.9 Å². The predicted molar refractivity (Wildman–Crippen MR) is 50.6 cm³/mol. The number of carbonyl (C=O) groups excluding carboxylic acids is 2. The van der Waals surface area contributed by atoms with Crippen LogP contribution in [0.15, 0.2) is 0 Å². The first-order valence-corrected chi connectivity index (χ1v) is 4.72. The summed E-state index contributed by atoms with van der Waals surface area (Å²) in [7, 11) is 0. The third-order valence-electron chi connectivity index (χ3n) is 0.463. The summed E-state index contributed by atoms with van der Waals surface area (Å²) in [6.45, 7) is 0. The second kappa shape index (κ2) is 8.31. The van der Waals surface area contributed by atoms with Gasteiger partial charge >= 0.3 is 17.1 Å². The molecule has 0 saturated heterocycles. The molecule has 0 unspecified atom stereocenters. The second-order valence-electron chi connectivity index (χ2n) is 1.57. The summed E-state index contributed by atoms with van der Waals surface area (Å²) in [4.78, 5) is 19.0. The number of hydrogen-bond donors (Lipinski definition) is 0. The normalized spacial score (nSPS) is 10.5. The average Bonchev–Trinajstić information content (AvgIpc) is 1.83. The molecule has 0 aromatic heterocycles. The number of carbonyl (C=O) groups is 2. The SMILES string of the molecule is O=C([O-])C(Cl)(Cl)Cl.O=C([O-])C(Cl)(Cl)Cl.[Fe+2]. The van der Waals surface area contributed by atoms with E-state index in [1.54, 1.807) is 0 Å². The van der Waals surface area contributed by atoms with Crippen molar-refractivity contribution in [2.75, 3.05) is 0 Å². The molecule has 0 spiro atoms. The Balaban J connectivity index is -0.000000180. The fourth-order valence-corrected chi connectivity index (χ4v) is 0. The fourth-order valence-electron chi connectivity index (χ4n) is 0. The van der Waals surface area contributed by atoms with Crippen molar-refractivity contribution in [3.8, 4) is 0 Å². The van der Waals surface area contributed by atoms with Crippen molar-refractivity contribution < 1.29 is 36.9 Å². The summed E-state index contributed by atoms with van der Waals surface area (Å²) in [5.41, 5.74) is 0. The maximum atomic E-state index is 9.51. The maximum Gasteiger partial charge on any atom is 2.00 e. The monoisotopic (exact) mass is 378 g/mol. The van der Waals surface area contributed by atoms with Gasteiger partial charge in [-0.25, -0.2) is 0 Å². The molecule has 0 radical (unpaired) electrons. The number of carboxylic acid groups (broad SMARTS) is 2. The van der Waals surface area contributed by atoms with Crippen LogP contribution in [0.3, 0.4) is 0 Å². The first kappa shape index (κ1) is 21.5. The van der Waals surface area contributed by atoms with Crippen LogP contribution >= 0.6 is 69.6 Å². The Morgan fingerprint density at radius 3 is 0.800 bits per heavy atom. The number of alkyl halides is 6. The minimum atomic E-state index is -2.28. The number of aliphatic carboxylic acids is 2. The van der Waals surface area contributed by atoms with Crippen molar-refractivity contribution in [3.63, 3.8) is 0 Å². The summed E-state index contributed by atoms with van der Waals surface area (Å²) < 4.78 is -4.56. The Hall–Kier alpha value is 1.20. The number of rotatable bonds is 0. The van der Waals surface area contributed by atoms with Gasteiger partial charge in [-0.05, 0) is 0 Å². The van der Waals surface area contributed by atoms with Gasteiger partial charge in [0.15, 0.2) is 0 Å². The van der Waals surface area contributed by atoms with Gasteiger partial charge in [-0.1, -0.05) is 69.6 Å². The first-order chi connectivity index (χ1) is 5.89. The Morgan fingerprint density at radius 2 is 0.800 bits per heavy atom. The van der Waals surface area contributed by atoms with Gasteiger partial charge in [0.1, 0.15) is 0 Å². The third-order valence-corrected chi connectivity index (χ3v) is 1.39. The van der Waals surface area contributed by atoms with Gasteiger partial charge in [-0.15, -0.1) is 0 Å². The van der Waals surface area contributed by atoms with Crippen molar-refractivity contribution in [1.82, 2.24) is 0 Å². The van der Waals surface area contributed by atoms with Crippen LogP contribution in [0.2, 0.25) is 0 Å². The fraction of sp³-hybridized carbons (Fsp3) is 0.500. The van der Waals surface area contributed by atoms with Crippen LogP contribution in [-0.4, -0.2) is 19.5 Å². The molecule has 0 aromatic rings. The van der Waals surface area contributed by atoms with E-state index < -0.39 is 19.5 Å². The van der Waals surface area contributed by atoms with Gasteiger partial charge in [-0.3, -0.25) is 0 Å². The van der Waals surface area contributed by atoms with Crippen molar-refractivity contribution in [1.29, 1.82) is 0 Å². The summed E-state index contributed by atoms with van der Waals surface area (Å²) in [5.74, 6) is -3.42. The molecule has 0 bridgehead atoms. The molecule has 0 amide bonds. The first-order valence-electron chi connectivity index (χ1n) is 2.45. The minimum absolute atomic E-state index is 0. The van der Waals surface area contributed by atoms with Crippen LogP contribution in [0.1, 0.15) is 0 Å². The van der Waals surface area contributed by atoms with E-state index in [9.17, 15) is 19.8 Å². The van der Waals surface area contributed by atoms with Crippen molar-refractivity contribution in [2.24, 2.45) is 0 Å². The second-order valence-corrected chi connectivity index (χ2v) is 6.13. The zero-order valence-corrected chi connectivity index (χ0v) is 11.9. The molecular formula is C4Cl6FeO4. The minimum Gasteiger partial charge on any atom is -0.545 e. The molecule has 11 heteroatoms. The Morgan fingerprint density at radius 1 is 0.733 bits per heavy atom. The summed E-state index contributed by atoms with van der Waals surface area (Å²) in [5, 5.41) is 19.0. The third kappa shape index (κ3) is 15.2. The van der Waals surface area contributed by atoms with Crippen LogP contribution < -0.4 is 10.2 Å². The van der Waals surface area contributed by atoms with E-state index in [4.69, 9.17) is 69.6 Å². The number of carboxylic acids is 2. The summed E-state index contributed by atoms with van der Waals surface area (Å²) in [6, 6.07) is 0. The van der Waals surface area contributed by atoms with Crippen LogP contribution in [0.4, 0.5) is 0 Å². The molecule has 4 nitrogen and oxygen atoms in total. The van der Waals surface area contributed by atoms with Crippen molar-refractivity contribution in [3.05, 3.63) is 0 Å². The molecule has 0 aliphatic heterocycles. The topological polar surface area (TPSA) is 80.3 Å². The Kier molecular flexibility index (Phi) is 11.9.